The molecule has 0 aliphatic carbocycles. The minimum Gasteiger partial charge on any atom is -0.336 e. The first-order valence-corrected chi connectivity index (χ1v) is 5.85. The molecule has 6 nitrogen and oxygen atoms in total. The summed E-state index contributed by atoms with van der Waals surface area (Å²) in [6, 6.07) is 6.29. The fourth-order valence-electron chi connectivity index (χ4n) is 2.10. The molecule has 1 aromatic carbocycles. The molecule has 1 amide bonds. The van der Waals surface area contributed by atoms with Crippen LogP contribution in [0, 0.1) is 10.1 Å². The average molecular weight is 249 g/mol. The van der Waals surface area contributed by atoms with Gasteiger partial charge in [0.1, 0.15) is 5.56 Å². The zero-order valence-corrected chi connectivity index (χ0v) is 10.1. The Morgan fingerprint density at radius 2 is 2.22 bits per heavy atom. The van der Waals surface area contributed by atoms with Gasteiger partial charge in [-0.25, -0.2) is 0 Å². The van der Waals surface area contributed by atoms with E-state index in [1.165, 1.54) is 12.1 Å². The molecule has 6 heteroatoms. The number of nitro benzene ring substituents is 1. The highest BCUT2D eigenvalue weighted by Crippen LogP contribution is 2.20. The number of hydrogen-bond acceptors (Lipinski definition) is 4. The lowest BCUT2D eigenvalue weighted by Crippen LogP contribution is -2.51. The highest BCUT2D eigenvalue weighted by atomic mass is 16.6. The van der Waals surface area contributed by atoms with Crippen LogP contribution in [0.15, 0.2) is 24.3 Å². The lowest BCUT2D eigenvalue weighted by atomic mass is 10.1. The van der Waals surface area contributed by atoms with Crippen LogP contribution in [-0.4, -0.2) is 41.4 Å². The van der Waals surface area contributed by atoms with Gasteiger partial charge in [-0.2, -0.15) is 0 Å². The fraction of sp³-hybridized carbons (Fsp3) is 0.417. The minimum atomic E-state index is -0.515. The lowest BCUT2D eigenvalue weighted by molar-refractivity contribution is -0.385. The van der Waals surface area contributed by atoms with E-state index in [2.05, 4.69) is 5.32 Å². The Morgan fingerprint density at radius 1 is 1.50 bits per heavy atom. The van der Waals surface area contributed by atoms with Gasteiger partial charge >= 0.3 is 0 Å². The molecule has 96 valence electrons. The Labute approximate surface area is 105 Å². The van der Waals surface area contributed by atoms with E-state index in [1.807, 2.05) is 6.92 Å². The summed E-state index contributed by atoms with van der Waals surface area (Å²) in [6.07, 6.45) is 0. The molecule has 1 aromatic rings. The molecule has 0 bridgehead atoms. The number of nitrogens with zero attached hydrogens (tertiary/aromatic N) is 2. The Morgan fingerprint density at radius 3 is 2.89 bits per heavy atom. The van der Waals surface area contributed by atoms with Crippen molar-refractivity contribution in [3.05, 3.63) is 39.9 Å². The third kappa shape index (κ3) is 2.48. The van der Waals surface area contributed by atoms with Gasteiger partial charge in [0, 0.05) is 31.7 Å². The summed E-state index contributed by atoms with van der Waals surface area (Å²) in [5.41, 5.74) is 0.0327. The molecular formula is C12H15N3O3. The number of nitro groups is 1. The summed E-state index contributed by atoms with van der Waals surface area (Å²) in [7, 11) is 0. The van der Waals surface area contributed by atoms with Crippen molar-refractivity contribution >= 4 is 11.6 Å². The quantitative estimate of drug-likeness (QED) is 0.627. The number of piperazine rings is 1. The van der Waals surface area contributed by atoms with Gasteiger partial charge in [-0.15, -0.1) is 0 Å². The first-order chi connectivity index (χ1) is 8.59. The number of amides is 1. The van der Waals surface area contributed by atoms with Gasteiger partial charge in [-0.1, -0.05) is 12.1 Å². The Balaban J connectivity index is 2.25. The first kappa shape index (κ1) is 12.5. The van der Waals surface area contributed by atoms with Crippen LogP contribution < -0.4 is 5.32 Å². The molecule has 1 atom stereocenters. The van der Waals surface area contributed by atoms with Crippen molar-refractivity contribution in [1.82, 2.24) is 10.2 Å². The fourth-order valence-corrected chi connectivity index (χ4v) is 2.10. The number of carbonyl (C=O) groups excluding carboxylic acids is 1. The standard InChI is InChI=1S/C12H15N3O3/c1-9-8-14(7-6-13-9)12(16)10-4-2-3-5-11(10)15(17)18/h2-5,9,13H,6-8H2,1H3/t9-/m0/s1. The molecule has 1 saturated heterocycles. The van der Waals surface area contributed by atoms with Gasteiger partial charge in [0.05, 0.1) is 4.92 Å². The molecule has 0 radical (unpaired) electrons. The van der Waals surface area contributed by atoms with Crippen molar-refractivity contribution in [3.63, 3.8) is 0 Å². The number of para-hydroxylation sites is 1. The van der Waals surface area contributed by atoms with E-state index in [9.17, 15) is 14.9 Å². The summed E-state index contributed by atoms with van der Waals surface area (Å²) >= 11 is 0. The van der Waals surface area contributed by atoms with E-state index in [-0.39, 0.29) is 23.2 Å². The number of nitrogens with one attached hydrogen (secondary N) is 1. The maximum atomic E-state index is 12.3. The topological polar surface area (TPSA) is 75.5 Å². The van der Waals surface area contributed by atoms with Crippen molar-refractivity contribution in [3.8, 4) is 0 Å². The largest absolute Gasteiger partial charge is 0.336 e. The highest BCUT2D eigenvalue weighted by Gasteiger charge is 2.26. The van der Waals surface area contributed by atoms with Gasteiger partial charge < -0.3 is 10.2 Å². The van der Waals surface area contributed by atoms with Crippen LogP contribution >= 0.6 is 0 Å². The molecule has 0 spiro atoms. The predicted octanol–water partition coefficient (Wildman–Crippen LogP) is 1.03. The average Bonchev–Trinajstić information content (AvgIpc) is 2.38. The van der Waals surface area contributed by atoms with E-state index in [0.717, 1.165) is 0 Å². The maximum absolute atomic E-state index is 12.3. The Kier molecular flexibility index (Phi) is 3.57. The summed E-state index contributed by atoms with van der Waals surface area (Å²) in [5.74, 6) is -0.268. The van der Waals surface area contributed by atoms with Crippen LogP contribution in [0.1, 0.15) is 17.3 Å². The van der Waals surface area contributed by atoms with Crippen LogP contribution in [0.5, 0.6) is 0 Å². The number of carbonyl (C=O) groups is 1. The summed E-state index contributed by atoms with van der Waals surface area (Å²) < 4.78 is 0. The summed E-state index contributed by atoms with van der Waals surface area (Å²) in [5, 5.41) is 14.1. The second kappa shape index (κ2) is 5.14. The Hall–Kier alpha value is -1.95. The van der Waals surface area contributed by atoms with Crippen molar-refractivity contribution in [2.24, 2.45) is 0 Å². The molecule has 1 heterocycles. The molecule has 18 heavy (non-hydrogen) atoms. The van der Waals surface area contributed by atoms with Crippen LogP contribution in [0.25, 0.3) is 0 Å². The molecule has 1 N–H and O–H groups in total. The van der Waals surface area contributed by atoms with Gasteiger partial charge in [-0.3, -0.25) is 14.9 Å². The summed E-state index contributed by atoms with van der Waals surface area (Å²) in [6.45, 7) is 3.85. The number of hydrogen-bond donors (Lipinski definition) is 1. The second-order valence-electron chi connectivity index (χ2n) is 4.38. The van der Waals surface area contributed by atoms with E-state index < -0.39 is 4.92 Å². The molecule has 1 fully saturated rings. The van der Waals surface area contributed by atoms with Gasteiger partial charge in [0.2, 0.25) is 0 Å². The van der Waals surface area contributed by atoms with Crippen molar-refractivity contribution in [2.75, 3.05) is 19.6 Å². The highest BCUT2D eigenvalue weighted by molar-refractivity contribution is 5.98. The molecule has 2 rings (SSSR count). The van der Waals surface area contributed by atoms with Crippen molar-refractivity contribution in [1.29, 1.82) is 0 Å². The predicted molar refractivity (Wildman–Crippen MR) is 66.5 cm³/mol. The van der Waals surface area contributed by atoms with E-state index in [1.54, 1.807) is 17.0 Å². The minimum absolute atomic E-state index is 0.131. The lowest BCUT2D eigenvalue weighted by Gasteiger charge is -2.31. The van der Waals surface area contributed by atoms with Crippen molar-refractivity contribution in [2.45, 2.75) is 13.0 Å². The molecule has 0 aromatic heterocycles. The molecule has 1 aliphatic rings. The van der Waals surface area contributed by atoms with Crippen LogP contribution in [0.4, 0.5) is 5.69 Å². The summed E-state index contributed by atoms with van der Waals surface area (Å²) in [4.78, 5) is 24.3. The SMILES string of the molecule is C[C@H]1CN(C(=O)c2ccccc2[N+](=O)[O-])CCN1. The van der Waals surface area contributed by atoms with E-state index >= 15 is 0 Å². The van der Waals surface area contributed by atoms with Crippen LogP contribution in [0.2, 0.25) is 0 Å². The molecule has 0 saturated carbocycles. The normalized spacial score (nSPS) is 19.6. The third-order valence-electron chi connectivity index (χ3n) is 2.99. The molecule has 0 unspecified atom stereocenters. The van der Waals surface area contributed by atoms with E-state index in [4.69, 9.17) is 0 Å². The van der Waals surface area contributed by atoms with Crippen molar-refractivity contribution < 1.29 is 9.72 Å². The van der Waals surface area contributed by atoms with Gasteiger partial charge in [-0.05, 0) is 13.0 Å². The van der Waals surface area contributed by atoms with E-state index in [0.29, 0.717) is 19.6 Å². The maximum Gasteiger partial charge on any atom is 0.282 e. The third-order valence-corrected chi connectivity index (χ3v) is 2.99. The Bertz CT molecular complexity index is 475. The monoisotopic (exact) mass is 249 g/mol. The zero-order chi connectivity index (χ0) is 13.1. The number of benzene rings is 1. The smallest absolute Gasteiger partial charge is 0.282 e. The molecule has 1 aliphatic heterocycles. The van der Waals surface area contributed by atoms with Gasteiger partial charge in [0.25, 0.3) is 11.6 Å². The number of rotatable bonds is 2. The van der Waals surface area contributed by atoms with Crippen LogP contribution in [0.3, 0.4) is 0 Å². The van der Waals surface area contributed by atoms with Crippen LogP contribution in [-0.2, 0) is 0 Å². The zero-order valence-electron chi connectivity index (χ0n) is 10.1. The molecular weight excluding hydrogens is 234 g/mol. The second-order valence-corrected chi connectivity index (χ2v) is 4.38. The first-order valence-electron chi connectivity index (χ1n) is 5.85. The van der Waals surface area contributed by atoms with Gasteiger partial charge in [0.15, 0.2) is 0 Å².